The minimum Gasteiger partial charge on any atom is -0.327 e. The number of nitrogens with one attached hydrogen (secondary N) is 1. The van der Waals surface area contributed by atoms with E-state index in [9.17, 15) is 0 Å². The molecule has 1 fully saturated rings. The van der Waals surface area contributed by atoms with Crippen LogP contribution < -0.4 is 5.32 Å². The molecule has 0 radical (unpaired) electrons. The standard InChI is InChI=1S/C15H19N3/c1-12-2-4-13(5-3-12)15-10-17-11-18(15)14-6-8-16-9-7-14/h2-5,10-11,14,16H,6-9H2,1H3. The molecule has 0 amide bonds. The van der Waals surface area contributed by atoms with E-state index in [0.717, 1.165) is 13.1 Å². The average Bonchev–Trinajstić information content (AvgIpc) is 2.90. The van der Waals surface area contributed by atoms with Crippen LogP contribution in [0, 0.1) is 6.92 Å². The van der Waals surface area contributed by atoms with Crippen molar-refractivity contribution in [2.45, 2.75) is 25.8 Å². The van der Waals surface area contributed by atoms with Crippen molar-refractivity contribution in [1.82, 2.24) is 14.9 Å². The Hall–Kier alpha value is -1.61. The second-order valence-electron chi connectivity index (χ2n) is 5.03. The maximum Gasteiger partial charge on any atom is 0.0953 e. The molecule has 1 aliphatic heterocycles. The number of aryl methyl sites for hydroxylation is 1. The number of rotatable bonds is 2. The molecule has 0 bridgehead atoms. The first kappa shape index (κ1) is 11.5. The molecule has 1 aliphatic rings. The predicted molar refractivity (Wildman–Crippen MR) is 73.5 cm³/mol. The molecular weight excluding hydrogens is 222 g/mol. The van der Waals surface area contributed by atoms with Crippen molar-refractivity contribution in [1.29, 1.82) is 0 Å². The van der Waals surface area contributed by atoms with Crippen LogP contribution >= 0.6 is 0 Å². The normalized spacial score (nSPS) is 16.9. The largest absolute Gasteiger partial charge is 0.327 e. The van der Waals surface area contributed by atoms with Gasteiger partial charge in [0, 0.05) is 6.04 Å². The van der Waals surface area contributed by atoms with Gasteiger partial charge in [-0.1, -0.05) is 29.8 Å². The average molecular weight is 241 g/mol. The Morgan fingerprint density at radius 1 is 1.17 bits per heavy atom. The van der Waals surface area contributed by atoms with E-state index in [2.05, 4.69) is 46.1 Å². The highest BCUT2D eigenvalue weighted by atomic mass is 15.1. The van der Waals surface area contributed by atoms with Crippen molar-refractivity contribution < 1.29 is 0 Å². The van der Waals surface area contributed by atoms with Crippen LogP contribution in [0.25, 0.3) is 11.3 Å². The Morgan fingerprint density at radius 3 is 2.61 bits per heavy atom. The van der Waals surface area contributed by atoms with E-state index in [4.69, 9.17) is 0 Å². The van der Waals surface area contributed by atoms with Crippen molar-refractivity contribution in [3.63, 3.8) is 0 Å². The van der Waals surface area contributed by atoms with Crippen LogP contribution in [0.15, 0.2) is 36.8 Å². The zero-order chi connectivity index (χ0) is 12.4. The van der Waals surface area contributed by atoms with E-state index >= 15 is 0 Å². The third kappa shape index (κ3) is 2.18. The van der Waals surface area contributed by atoms with Gasteiger partial charge in [-0.15, -0.1) is 0 Å². The monoisotopic (exact) mass is 241 g/mol. The van der Waals surface area contributed by atoms with Crippen LogP contribution in [0.2, 0.25) is 0 Å². The number of imidazole rings is 1. The second kappa shape index (κ2) is 4.94. The molecule has 3 nitrogen and oxygen atoms in total. The van der Waals surface area contributed by atoms with Gasteiger partial charge >= 0.3 is 0 Å². The Labute approximate surface area is 108 Å². The molecule has 18 heavy (non-hydrogen) atoms. The SMILES string of the molecule is Cc1ccc(-c2cncn2C2CCNCC2)cc1. The maximum absolute atomic E-state index is 4.34. The van der Waals surface area contributed by atoms with Crippen molar-refractivity contribution >= 4 is 0 Å². The summed E-state index contributed by atoms with van der Waals surface area (Å²) in [5.74, 6) is 0. The molecule has 0 spiro atoms. The van der Waals surface area contributed by atoms with E-state index in [1.54, 1.807) is 0 Å². The number of nitrogens with zero attached hydrogens (tertiary/aromatic N) is 2. The molecule has 1 aromatic carbocycles. The van der Waals surface area contributed by atoms with Gasteiger partial charge in [0.2, 0.25) is 0 Å². The summed E-state index contributed by atoms with van der Waals surface area (Å²) >= 11 is 0. The molecule has 0 atom stereocenters. The molecule has 3 heteroatoms. The fourth-order valence-electron chi connectivity index (χ4n) is 2.63. The lowest BCUT2D eigenvalue weighted by Crippen LogP contribution is -2.29. The summed E-state index contributed by atoms with van der Waals surface area (Å²) in [4.78, 5) is 4.34. The highest BCUT2D eigenvalue weighted by molar-refractivity contribution is 5.59. The number of benzene rings is 1. The van der Waals surface area contributed by atoms with Gasteiger partial charge < -0.3 is 9.88 Å². The van der Waals surface area contributed by atoms with Gasteiger partial charge in [0.25, 0.3) is 0 Å². The first-order valence-electron chi connectivity index (χ1n) is 6.64. The first-order chi connectivity index (χ1) is 8.84. The van der Waals surface area contributed by atoms with Crippen LogP contribution in [0.3, 0.4) is 0 Å². The number of hydrogen-bond donors (Lipinski definition) is 1. The van der Waals surface area contributed by atoms with E-state index in [-0.39, 0.29) is 0 Å². The topological polar surface area (TPSA) is 29.9 Å². The van der Waals surface area contributed by atoms with Crippen LogP contribution in [0.5, 0.6) is 0 Å². The minimum atomic E-state index is 0.588. The van der Waals surface area contributed by atoms with Gasteiger partial charge in [-0.25, -0.2) is 4.98 Å². The van der Waals surface area contributed by atoms with Crippen molar-refractivity contribution in [2.24, 2.45) is 0 Å². The Bertz CT molecular complexity index is 507. The molecule has 1 saturated heterocycles. The smallest absolute Gasteiger partial charge is 0.0953 e. The molecule has 94 valence electrons. The third-order valence-electron chi connectivity index (χ3n) is 3.72. The lowest BCUT2D eigenvalue weighted by Gasteiger charge is -2.25. The van der Waals surface area contributed by atoms with Crippen LogP contribution in [-0.4, -0.2) is 22.6 Å². The fourth-order valence-corrected chi connectivity index (χ4v) is 2.63. The number of aromatic nitrogens is 2. The molecule has 1 aromatic heterocycles. The zero-order valence-electron chi connectivity index (χ0n) is 10.8. The van der Waals surface area contributed by atoms with E-state index in [1.165, 1.54) is 29.7 Å². The van der Waals surface area contributed by atoms with Crippen molar-refractivity contribution in [3.05, 3.63) is 42.4 Å². The Kier molecular flexibility index (Phi) is 3.15. The number of piperidine rings is 1. The molecule has 0 saturated carbocycles. The van der Waals surface area contributed by atoms with Crippen LogP contribution in [0.1, 0.15) is 24.4 Å². The summed E-state index contributed by atoms with van der Waals surface area (Å²) in [5, 5.41) is 3.41. The summed E-state index contributed by atoms with van der Waals surface area (Å²) in [6.45, 7) is 4.33. The molecule has 3 rings (SSSR count). The summed E-state index contributed by atoms with van der Waals surface area (Å²) in [6, 6.07) is 9.28. The van der Waals surface area contributed by atoms with Crippen LogP contribution in [0.4, 0.5) is 0 Å². The molecule has 1 N–H and O–H groups in total. The Morgan fingerprint density at radius 2 is 1.89 bits per heavy atom. The summed E-state index contributed by atoms with van der Waals surface area (Å²) < 4.78 is 2.34. The first-order valence-corrected chi connectivity index (χ1v) is 6.64. The van der Waals surface area contributed by atoms with E-state index in [1.807, 2.05) is 12.5 Å². The molecule has 0 aliphatic carbocycles. The van der Waals surface area contributed by atoms with Gasteiger partial charge in [0.1, 0.15) is 0 Å². The minimum absolute atomic E-state index is 0.588. The molecular formula is C15H19N3. The molecule has 2 heterocycles. The lowest BCUT2D eigenvalue weighted by molar-refractivity contribution is 0.370. The van der Waals surface area contributed by atoms with Gasteiger partial charge in [-0.2, -0.15) is 0 Å². The van der Waals surface area contributed by atoms with Gasteiger partial charge in [0.05, 0.1) is 18.2 Å². The maximum atomic E-state index is 4.34. The van der Waals surface area contributed by atoms with Crippen molar-refractivity contribution in [2.75, 3.05) is 13.1 Å². The van der Waals surface area contributed by atoms with E-state index < -0.39 is 0 Å². The Balaban J connectivity index is 1.93. The summed E-state index contributed by atoms with van der Waals surface area (Å²) in [6.07, 6.45) is 6.34. The fraction of sp³-hybridized carbons (Fsp3) is 0.400. The molecule has 0 unspecified atom stereocenters. The van der Waals surface area contributed by atoms with Gasteiger partial charge in [-0.05, 0) is 38.4 Å². The van der Waals surface area contributed by atoms with Gasteiger partial charge in [0.15, 0.2) is 0 Å². The zero-order valence-corrected chi connectivity index (χ0v) is 10.8. The molecule has 2 aromatic rings. The van der Waals surface area contributed by atoms with E-state index in [0.29, 0.717) is 6.04 Å². The lowest BCUT2D eigenvalue weighted by atomic mass is 10.0. The second-order valence-corrected chi connectivity index (χ2v) is 5.03. The third-order valence-corrected chi connectivity index (χ3v) is 3.72. The highest BCUT2D eigenvalue weighted by Crippen LogP contribution is 2.27. The summed E-state index contributed by atoms with van der Waals surface area (Å²) in [7, 11) is 0. The predicted octanol–water partition coefficient (Wildman–Crippen LogP) is 2.78. The quantitative estimate of drug-likeness (QED) is 0.876. The number of hydrogen-bond acceptors (Lipinski definition) is 2. The highest BCUT2D eigenvalue weighted by Gasteiger charge is 2.17. The van der Waals surface area contributed by atoms with Crippen molar-refractivity contribution in [3.8, 4) is 11.3 Å². The summed E-state index contributed by atoms with van der Waals surface area (Å²) in [5.41, 5.74) is 3.80. The van der Waals surface area contributed by atoms with Gasteiger partial charge in [-0.3, -0.25) is 0 Å². The van der Waals surface area contributed by atoms with Crippen LogP contribution in [-0.2, 0) is 0 Å².